The summed E-state index contributed by atoms with van der Waals surface area (Å²) in [5, 5.41) is 1.30. The molecule has 0 amide bonds. The number of halogens is 1. The molecule has 0 bridgehead atoms. The maximum Gasteiger partial charge on any atom is 0.330 e. The third kappa shape index (κ3) is 10.4. The van der Waals surface area contributed by atoms with Crippen LogP contribution in [-0.2, 0) is 14.3 Å². The summed E-state index contributed by atoms with van der Waals surface area (Å²) >= 11 is 8.18. The van der Waals surface area contributed by atoms with Crippen molar-refractivity contribution < 1.29 is 14.3 Å². The molecular weight excluding hydrogens is 452 g/mol. The van der Waals surface area contributed by atoms with Gasteiger partial charge in [-0.1, -0.05) is 30.3 Å². The number of esters is 1. The first-order valence-electron chi connectivity index (χ1n) is 12.8. The van der Waals surface area contributed by atoms with Crippen LogP contribution in [0.1, 0.15) is 83.5 Å². The number of rotatable bonds is 8. The van der Waals surface area contributed by atoms with E-state index in [-0.39, 0.29) is 5.97 Å². The standard InChI is InChI=1S/C28H39ClO3S/c1-2-28(30)32-21-5-3-4-20-31-25-14-8-23(9-15-25)11-17-27-19-18-26(33-27)16-10-22-6-12-24(29)13-7-22/h2,22-27H,1,3-9,12-15,18-21H2. The van der Waals surface area contributed by atoms with Gasteiger partial charge in [-0.05, 0) is 83.5 Å². The maximum absolute atomic E-state index is 11.0. The van der Waals surface area contributed by atoms with E-state index in [1.165, 1.54) is 31.8 Å². The Morgan fingerprint density at radius 2 is 1.39 bits per heavy atom. The minimum absolute atomic E-state index is 0.341. The average Bonchev–Trinajstić information content (AvgIpc) is 3.30. The van der Waals surface area contributed by atoms with Crippen molar-refractivity contribution in [3.05, 3.63) is 12.7 Å². The Balaban J connectivity index is 1.24. The lowest BCUT2D eigenvalue weighted by atomic mass is 9.87. The lowest BCUT2D eigenvalue weighted by Crippen LogP contribution is -2.21. The van der Waals surface area contributed by atoms with Crippen LogP contribution in [0.15, 0.2) is 12.7 Å². The highest BCUT2D eigenvalue weighted by Gasteiger charge is 2.24. The third-order valence-corrected chi connectivity index (χ3v) is 8.60. The van der Waals surface area contributed by atoms with Gasteiger partial charge in [0.25, 0.3) is 0 Å². The van der Waals surface area contributed by atoms with Crippen LogP contribution in [0.5, 0.6) is 0 Å². The number of carbonyl (C=O) groups is 1. The zero-order valence-corrected chi connectivity index (χ0v) is 21.4. The number of hydrogen-bond acceptors (Lipinski definition) is 4. The fourth-order valence-electron chi connectivity index (χ4n) is 4.70. The molecule has 0 aromatic carbocycles. The molecule has 33 heavy (non-hydrogen) atoms. The largest absolute Gasteiger partial charge is 0.463 e. The molecule has 3 rings (SSSR count). The molecule has 3 nitrogen and oxygen atoms in total. The lowest BCUT2D eigenvalue weighted by molar-refractivity contribution is -0.137. The Labute approximate surface area is 210 Å². The Bertz CT molecular complexity index is 730. The fraction of sp³-hybridized carbons (Fsp3) is 0.750. The summed E-state index contributed by atoms with van der Waals surface area (Å²) in [6.45, 7) is 4.66. The second-order valence-electron chi connectivity index (χ2n) is 9.49. The summed E-state index contributed by atoms with van der Waals surface area (Å²) < 4.78 is 11.0. The Morgan fingerprint density at radius 3 is 2.00 bits per heavy atom. The van der Waals surface area contributed by atoms with Gasteiger partial charge in [-0.25, -0.2) is 4.79 Å². The zero-order chi connectivity index (χ0) is 23.3. The van der Waals surface area contributed by atoms with Crippen LogP contribution < -0.4 is 0 Å². The smallest absolute Gasteiger partial charge is 0.330 e. The number of hydrogen-bond donors (Lipinski definition) is 0. The number of alkyl halides is 1. The lowest BCUT2D eigenvalue weighted by Gasteiger charge is -2.26. The first-order chi connectivity index (χ1) is 16.1. The molecule has 1 heterocycles. The highest BCUT2D eigenvalue weighted by atomic mass is 35.5. The van der Waals surface area contributed by atoms with E-state index in [1.54, 1.807) is 0 Å². The molecule has 2 unspecified atom stereocenters. The molecule has 2 atom stereocenters. The summed E-state index contributed by atoms with van der Waals surface area (Å²) in [4.78, 5) is 11.0. The molecule has 5 heteroatoms. The molecule has 0 spiro atoms. The number of unbranched alkanes of at least 4 members (excludes halogenated alkanes) is 2. The normalized spacial score (nSPS) is 31.5. The van der Waals surface area contributed by atoms with Gasteiger partial charge < -0.3 is 9.47 Å². The van der Waals surface area contributed by atoms with Crippen LogP contribution >= 0.6 is 23.4 Å². The van der Waals surface area contributed by atoms with E-state index >= 15 is 0 Å². The van der Waals surface area contributed by atoms with Gasteiger partial charge >= 0.3 is 5.97 Å². The van der Waals surface area contributed by atoms with E-state index in [9.17, 15) is 4.79 Å². The van der Waals surface area contributed by atoms with E-state index in [2.05, 4.69) is 30.3 Å². The van der Waals surface area contributed by atoms with Crippen molar-refractivity contribution in [2.75, 3.05) is 13.2 Å². The number of thioether (sulfide) groups is 1. The molecule has 0 aromatic rings. The van der Waals surface area contributed by atoms with Crippen molar-refractivity contribution in [1.82, 2.24) is 0 Å². The quantitative estimate of drug-likeness (QED) is 0.127. The van der Waals surface area contributed by atoms with Gasteiger partial charge in [0.15, 0.2) is 0 Å². The SMILES string of the molecule is C=CC(=O)OCCCCCOC1CCC(C#CC2CCC(C#CC3CCC(Cl)CC3)S2)CC1. The third-order valence-electron chi connectivity index (χ3n) is 6.80. The van der Waals surface area contributed by atoms with Gasteiger partial charge in [-0.2, -0.15) is 0 Å². The van der Waals surface area contributed by atoms with E-state index in [4.69, 9.17) is 21.1 Å². The summed E-state index contributed by atoms with van der Waals surface area (Å²) in [6.07, 6.45) is 16.0. The highest BCUT2D eigenvalue weighted by molar-refractivity contribution is 8.01. The average molecular weight is 491 g/mol. The van der Waals surface area contributed by atoms with Gasteiger partial charge in [0.05, 0.1) is 23.2 Å². The topological polar surface area (TPSA) is 35.5 Å². The van der Waals surface area contributed by atoms with E-state index in [1.807, 2.05) is 11.8 Å². The summed E-state index contributed by atoms with van der Waals surface area (Å²) in [6, 6.07) is 0. The summed E-state index contributed by atoms with van der Waals surface area (Å²) in [5.74, 6) is 15.0. The van der Waals surface area contributed by atoms with Crippen LogP contribution in [0.25, 0.3) is 0 Å². The van der Waals surface area contributed by atoms with E-state index in [0.29, 0.717) is 40.4 Å². The van der Waals surface area contributed by atoms with Gasteiger partial charge in [0.1, 0.15) is 0 Å². The van der Waals surface area contributed by atoms with Crippen molar-refractivity contribution in [2.24, 2.45) is 11.8 Å². The highest BCUT2D eigenvalue weighted by Crippen LogP contribution is 2.34. The monoisotopic (exact) mass is 490 g/mol. The fourth-order valence-corrected chi connectivity index (χ4v) is 6.17. The number of ether oxygens (including phenoxy) is 2. The van der Waals surface area contributed by atoms with Crippen molar-refractivity contribution in [3.63, 3.8) is 0 Å². The van der Waals surface area contributed by atoms with E-state index in [0.717, 1.165) is 64.4 Å². The molecule has 2 aliphatic carbocycles. The molecule has 0 aromatic heterocycles. The Morgan fingerprint density at radius 1 is 0.818 bits per heavy atom. The van der Waals surface area contributed by atoms with Crippen LogP contribution in [0.2, 0.25) is 0 Å². The van der Waals surface area contributed by atoms with Crippen molar-refractivity contribution in [1.29, 1.82) is 0 Å². The van der Waals surface area contributed by atoms with Crippen molar-refractivity contribution in [3.8, 4) is 23.7 Å². The predicted molar refractivity (Wildman–Crippen MR) is 138 cm³/mol. The Hall–Kier alpha value is -1.07. The second-order valence-corrected chi connectivity index (χ2v) is 11.5. The molecule has 1 saturated heterocycles. The van der Waals surface area contributed by atoms with Gasteiger partial charge in [0.2, 0.25) is 0 Å². The minimum atomic E-state index is -0.341. The predicted octanol–water partition coefficient (Wildman–Crippen LogP) is 6.53. The first kappa shape index (κ1) is 26.5. The first-order valence-corrected chi connectivity index (χ1v) is 14.2. The van der Waals surface area contributed by atoms with Crippen LogP contribution in [0.4, 0.5) is 0 Å². The molecule has 1 aliphatic heterocycles. The maximum atomic E-state index is 11.0. The van der Waals surface area contributed by atoms with E-state index < -0.39 is 0 Å². The van der Waals surface area contributed by atoms with Crippen LogP contribution in [0.3, 0.4) is 0 Å². The Kier molecular flexibility index (Phi) is 12.1. The van der Waals surface area contributed by atoms with Gasteiger partial charge in [-0.15, -0.1) is 23.4 Å². The second kappa shape index (κ2) is 15.0. The molecular formula is C28H39ClO3S. The molecule has 3 fully saturated rings. The number of carbonyl (C=O) groups excluding carboxylic acids is 1. The minimum Gasteiger partial charge on any atom is -0.463 e. The molecule has 0 radical (unpaired) electrons. The van der Waals surface area contributed by atoms with Gasteiger partial charge in [-0.3, -0.25) is 0 Å². The van der Waals surface area contributed by atoms with Crippen molar-refractivity contribution >= 4 is 29.3 Å². The van der Waals surface area contributed by atoms with Crippen LogP contribution in [-0.4, -0.2) is 41.2 Å². The molecule has 3 aliphatic rings. The summed E-state index contributed by atoms with van der Waals surface area (Å²) in [7, 11) is 0. The zero-order valence-electron chi connectivity index (χ0n) is 19.9. The molecule has 2 saturated carbocycles. The summed E-state index contributed by atoms with van der Waals surface area (Å²) in [5.41, 5.74) is 0. The van der Waals surface area contributed by atoms with Gasteiger partial charge in [0, 0.05) is 29.9 Å². The van der Waals surface area contributed by atoms with Crippen LogP contribution in [0, 0.1) is 35.5 Å². The van der Waals surface area contributed by atoms with Crippen molar-refractivity contribution in [2.45, 2.75) is 105 Å². The molecule has 0 N–H and O–H groups in total. The molecule has 182 valence electrons.